The molecule has 0 saturated heterocycles. The van der Waals surface area contributed by atoms with Crippen LogP contribution in [0, 0.1) is 0 Å². The molecule has 1 aromatic carbocycles. The number of rotatable bonds is 5. The van der Waals surface area contributed by atoms with Crippen LogP contribution in [0.5, 0.6) is 0 Å². The van der Waals surface area contributed by atoms with Crippen molar-refractivity contribution in [2.45, 2.75) is 6.54 Å². The van der Waals surface area contributed by atoms with E-state index in [1.165, 1.54) is 30.8 Å². The molecule has 0 aliphatic rings. The first-order valence-electron chi connectivity index (χ1n) is 8.54. The largest absolute Gasteiger partial charge is 0.350 e. The van der Waals surface area contributed by atoms with Gasteiger partial charge in [0.2, 0.25) is 5.91 Å². The number of fused-ring (bicyclic) bond motifs is 1. The molecule has 9 nitrogen and oxygen atoms in total. The molecule has 0 aliphatic heterocycles. The van der Waals surface area contributed by atoms with Crippen molar-refractivity contribution in [1.82, 2.24) is 24.8 Å². The number of hydrogen-bond acceptors (Lipinski definition) is 5. The first-order chi connectivity index (χ1) is 13.4. The Morgan fingerprint density at radius 3 is 2.39 bits per heavy atom. The van der Waals surface area contributed by atoms with Gasteiger partial charge in [-0.2, -0.15) is 0 Å². The molecular weight excluding hydrogens is 362 g/mol. The number of pyridine rings is 1. The summed E-state index contributed by atoms with van der Waals surface area (Å²) in [6.45, 7) is 0.135. The van der Waals surface area contributed by atoms with Crippen molar-refractivity contribution in [2.75, 3.05) is 6.54 Å². The van der Waals surface area contributed by atoms with Gasteiger partial charge in [-0.25, -0.2) is 9.78 Å². The fourth-order valence-corrected chi connectivity index (χ4v) is 2.69. The van der Waals surface area contributed by atoms with Crippen LogP contribution in [0.25, 0.3) is 11.0 Å². The smallest absolute Gasteiger partial charge is 0.332 e. The zero-order chi connectivity index (χ0) is 20.3. The average molecular weight is 381 g/mol. The van der Waals surface area contributed by atoms with E-state index in [1.807, 2.05) is 30.3 Å². The minimum atomic E-state index is -0.579. The van der Waals surface area contributed by atoms with Gasteiger partial charge >= 0.3 is 5.69 Å². The second-order valence-corrected chi connectivity index (χ2v) is 6.22. The maximum Gasteiger partial charge on any atom is 0.332 e. The molecule has 2 N–H and O–H groups in total. The highest BCUT2D eigenvalue weighted by Crippen LogP contribution is 2.06. The predicted octanol–water partition coefficient (Wildman–Crippen LogP) is -0.322. The summed E-state index contributed by atoms with van der Waals surface area (Å²) < 4.78 is 2.17. The molecule has 2 heterocycles. The van der Waals surface area contributed by atoms with Gasteiger partial charge in [0.25, 0.3) is 11.5 Å². The zero-order valence-electron chi connectivity index (χ0n) is 15.4. The Morgan fingerprint density at radius 1 is 0.964 bits per heavy atom. The van der Waals surface area contributed by atoms with E-state index in [2.05, 4.69) is 15.6 Å². The van der Waals surface area contributed by atoms with Crippen LogP contribution in [0.3, 0.4) is 0 Å². The number of benzene rings is 1. The van der Waals surface area contributed by atoms with Crippen molar-refractivity contribution in [3.8, 4) is 0 Å². The van der Waals surface area contributed by atoms with Crippen LogP contribution in [0.4, 0.5) is 0 Å². The molecule has 0 radical (unpaired) electrons. The number of amides is 2. The molecular formula is C19H19N5O4. The third kappa shape index (κ3) is 3.83. The first kappa shape index (κ1) is 19.0. The second kappa shape index (κ2) is 7.87. The Balaban J connectivity index is 1.69. The van der Waals surface area contributed by atoms with Crippen LogP contribution in [-0.2, 0) is 25.4 Å². The summed E-state index contributed by atoms with van der Waals surface area (Å²) in [6, 6.07) is 12.2. The van der Waals surface area contributed by atoms with E-state index in [0.717, 1.165) is 10.1 Å². The molecule has 9 heteroatoms. The molecule has 0 spiro atoms. The molecule has 144 valence electrons. The summed E-state index contributed by atoms with van der Waals surface area (Å²) in [6.07, 6.45) is 0. The molecule has 0 atom stereocenters. The summed E-state index contributed by atoms with van der Waals surface area (Å²) in [5, 5.41) is 5.40. The lowest BCUT2D eigenvalue weighted by molar-refractivity contribution is -0.120. The number of aromatic nitrogens is 3. The topological polar surface area (TPSA) is 115 Å². The van der Waals surface area contributed by atoms with Crippen molar-refractivity contribution in [2.24, 2.45) is 14.1 Å². The molecule has 3 aromatic rings. The first-order valence-corrected chi connectivity index (χ1v) is 8.54. The molecule has 2 aromatic heterocycles. The summed E-state index contributed by atoms with van der Waals surface area (Å²) in [5.41, 5.74) is 0.0301. The van der Waals surface area contributed by atoms with E-state index in [0.29, 0.717) is 6.54 Å². The lowest BCUT2D eigenvalue weighted by atomic mass is 10.2. The van der Waals surface area contributed by atoms with Crippen LogP contribution in [0.1, 0.15) is 16.1 Å². The Morgan fingerprint density at radius 2 is 1.68 bits per heavy atom. The van der Waals surface area contributed by atoms with Gasteiger partial charge < -0.3 is 10.6 Å². The number of carbonyl (C=O) groups is 2. The van der Waals surface area contributed by atoms with Crippen LogP contribution in [0.2, 0.25) is 0 Å². The van der Waals surface area contributed by atoms with Crippen molar-refractivity contribution in [3.63, 3.8) is 0 Å². The molecule has 2 amide bonds. The van der Waals surface area contributed by atoms with Crippen molar-refractivity contribution in [1.29, 1.82) is 0 Å². The fraction of sp³-hybridized carbons (Fsp3) is 0.211. The number of aryl methyl sites for hydroxylation is 1. The van der Waals surface area contributed by atoms with E-state index in [1.54, 1.807) is 0 Å². The van der Waals surface area contributed by atoms with Gasteiger partial charge in [-0.15, -0.1) is 0 Å². The van der Waals surface area contributed by atoms with Gasteiger partial charge in [-0.3, -0.25) is 23.5 Å². The highest BCUT2D eigenvalue weighted by atomic mass is 16.2. The molecule has 0 unspecified atom stereocenters. The second-order valence-electron chi connectivity index (χ2n) is 6.22. The fourth-order valence-electron chi connectivity index (χ4n) is 2.69. The lowest BCUT2D eigenvalue weighted by Crippen LogP contribution is -2.38. The summed E-state index contributed by atoms with van der Waals surface area (Å²) in [4.78, 5) is 52.5. The Kier molecular flexibility index (Phi) is 5.35. The van der Waals surface area contributed by atoms with E-state index in [9.17, 15) is 19.2 Å². The van der Waals surface area contributed by atoms with Gasteiger partial charge in [-0.1, -0.05) is 30.3 Å². The van der Waals surface area contributed by atoms with Gasteiger partial charge in [0.1, 0.15) is 11.3 Å². The summed E-state index contributed by atoms with van der Waals surface area (Å²) >= 11 is 0. The lowest BCUT2D eigenvalue weighted by Gasteiger charge is -2.09. The molecule has 0 saturated carbocycles. The quantitative estimate of drug-likeness (QED) is 0.628. The van der Waals surface area contributed by atoms with Crippen LogP contribution in [-0.4, -0.2) is 32.5 Å². The third-order valence-corrected chi connectivity index (χ3v) is 4.28. The van der Waals surface area contributed by atoms with Gasteiger partial charge in [0.05, 0.1) is 11.9 Å². The van der Waals surface area contributed by atoms with Gasteiger partial charge in [0, 0.05) is 20.6 Å². The Hall–Kier alpha value is -3.75. The Labute approximate surface area is 159 Å². The minimum Gasteiger partial charge on any atom is -0.350 e. The summed E-state index contributed by atoms with van der Waals surface area (Å²) in [7, 11) is 2.84. The molecule has 0 aliphatic carbocycles. The monoisotopic (exact) mass is 381 g/mol. The normalized spacial score (nSPS) is 10.6. The maximum absolute atomic E-state index is 12.3. The van der Waals surface area contributed by atoms with E-state index in [4.69, 9.17) is 0 Å². The number of carbonyl (C=O) groups excluding carboxylic acids is 2. The van der Waals surface area contributed by atoms with Crippen LogP contribution < -0.4 is 21.9 Å². The SMILES string of the molecule is Cn1c(=O)c2ccc(C(=O)NCC(=O)NCc3ccccc3)nc2n(C)c1=O. The minimum absolute atomic E-state index is 0.00612. The molecule has 3 rings (SSSR count). The van der Waals surface area contributed by atoms with Crippen LogP contribution in [0.15, 0.2) is 52.1 Å². The molecule has 0 fully saturated rings. The molecule has 28 heavy (non-hydrogen) atoms. The predicted molar refractivity (Wildman–Crippen MR) is 103 cm³/mol. The third-order valence-electron chi connectivity index (χ3n) is 4.28. The van der Waals surface area contributed by atoms with E-state index < -0.39 is 17.2 Å². The number of nitrogens with one attached hydrogen (secondary N) is 2. The number of nitrogens with zero attached hydrogens (tertiary/aromatic N) is 3. The van der Waals surface area contributed by atoms with E-state index >= 15 is 0 Å². The zero-order valence-corrected chi connectivity index (χ0v) is 15.4. The standard InChI is InChI=1S/C19H19N5O4/c1-23-16-13(18(27)24(2)19(23)28)8-9-14(22-16)17(26)21-11-15(25)20-10-12-6-4-3-5-7-12/h3-9H,10-11H2,1-2H3,(H,20,25)(H,21,26). The van der Waals surface area contributed by atoms with Crippen molar-refractivity contribution in [3.05, 3.63) is 74.6 Å². The highest BCUT2D eigenvalue weighted by Gasteiger charge is 2.14. The van der Waals surface area contributed by atoms with Gasteiger partial charge in [0.15, 0.2) is 0 Å². The van der Waals surface area contributed by atoms with Crippen LogP contribution >= 0.6 is 0 Å². The van der Waals surface area contributed by atoms with Crippen molar-refractivity contribution < 1.29 is 9.59 Å². The molecule has 0 bridgehead atoms. The maximum atomic E-state index is 12.3. The highest BCUT2D eigenvalue weighted by molar-refractivity contribution is 5.96. The van der Waals surface area contributed by atoms with Gasteiger partial charge in [-0.05, 0) is 17.7 Å². The Bertz CT molecular complexity index is 1160. The average Bonchev–Trinajstić information content (AvgIpc) is 2.73. The number of hydrogen-bond donors (Lipinski definition) is 2. The summed E-state index contributed by atoms with van der Waals surface area (Å²) in [5.74, 6) is -0.927. The van der Waals surface area contributed by atoms with Crippen molar-refractivity contribution >= 4 is 22.8 Å². The van der Waals surface area contributed by atoms with E-state index in [-0.39, 0.29) is 29.2 Å².